The van der Waals surface area contributed by atoms with E-state index in [4.69, 9.17) is 11.6 Å². The van der Waals surface area contributed by atoms with Crippen molar-refractivity contribution in [1.29, 1.82) is 0 Å². The van der Waals surface area contributed by atoms with Gasteiger partial charge in [0.15, 0.2) is 9.84 Å². The van der Waals surface area contributed by atoms with Crippen LogP contribution in [0.4, 0.5) is 5.82 Å². The smallest absolute Gasteiger partial charge is 0.152 e. The fourth-order valence-corrected chi connectivity index (χ4v) is 3.91. The van der Waals surface area contributed by atoms with Crippen molar-refractivity contribution >= 4 is 27.3 Å². The van der Waals surface area contributed by atoms with Crippen molar-refractivity contribution in [3.05, 3.63) is 16.5 Å². The van der Waals surface area contributed by atoms with Gasteiger partial charge in [-0.15, -0.1) is 0 Å². The third-order valence-electron chi connectivity index (χ3n) is 3.00. The molecule has 1 saturated heterocycles. The SMILES string of the molecule is Cc1nc(Cl)c(C)c(NC2CCCS(=O)(=O)C2)n1. The first-order valence-corrected chi connectivity index (χ1v) is 8.05. The van der Waals surface area contributed by atoms with Gasteiger partial charge in [-0.1, -0.05) is 11.6 Å². The lowest BCUT2D eigenvalue weighted by molar-refractivity contribution is 0.561. The normalized spacial score (nSPS) is 22.7. The maximum atomic E-state index is 11.6. The Morgan fingerprint density at radius 2 is 2.06 bits per heavy atom. The molecule has 0 saturated carbocycles. The van der Waals surface area contributed by atoms with Gasteiger partial charge >= 0.3 is 0 Å². The van der Waals surface area contributed by atoms with Crippen LogP contribution in [0.25, 0.3) is 0 Å². The number of rotatable bonds is 2. The van der Waals surface area contributed by atoms with Gasteiger partial charge < -0.3 is 5.32 Å². The Morgan fingerprint density at radius 1 is 1.33 bits per heavy atom. The zero-order valence-corrected chi connectivity index (χ0v) is 12.0. The largest absolute Gasteiger partial charge is 0.366 e. The van der Waals surface area contributed by atoms with E-state index in [2.05, 4.69) is 15.3 Å². The van der Waals surface area contributed by atoms with E-state index in [0.29, 0.717) is 23.2 Å². The lowest BCUT2D eigenvalue weighted by atomic mass is 10.2. The van der Waals surface area contributed by atoms with Gasteiger partial charge in [0.05, 0.1) is 11.5 Å². The van der Waals surface area contributed by atoms with Crippen LogP contribution in [0, 0.1) is 13.8 Å². The molecule has 2 heterocycles. The van der Waals surface area contributed by atoms with Crippen molar-refractivity contribution in [2.45, 2.75) is 32.7 Å². The van der Waals surface area contributed by atoms with E-state index >= 15 is 0 Å². The van der Waals surface area contributed by atoms with Gasteiger partial charge in [0.25, 0.3) is 0 Å². The monoisotopic (exact) mass is 289 g/mol. The molecule has 1 unspecified atom stereocenters. The molecule has 1 aromatic heterocycles. The summed E-state index contributed by atoms with van der Waals surface area (Å²) in [6, 6.07) is -0.0900. The van der Waals surface area contributed by atoms with Gasteiger partial charge in [-0.05, 0) is 26.7 Å². The molecule has 1 N–H and O–H groups in total. The summed E-state index contributed by atoms with van der Waals surface area (Å²) in [6.45, 7) is 3.58. The Morgan fingerprint density at radius 3 is 2.72 bits per heavy atom. The highest BCUT2D eigenvalue weighted by Crippen LogP contribution is 2.22. The number of hydrogen-bond donors (Lipinski definition) is 1. The number of nitrogens with one attached hydrogen (secondary N) is 1. The van der Waals surface area contributed by atoms with E-state index in [-0.39, 0.29) is 17.5 Å². The summed E-state index contributed by atoms with van der Waals surface area (Å²) in [7, 11) is -2.92. The fourth-order valence-electron chi connectivity index (χ4n) is 2.06. The number of hydrogen-bond acceptors (Lipinski definition) is 5. The van der Waals surface area contributed by atoms with E-state index < -0.39 is 9.84 Å². The highest BCUT2D eigenvalue weighted by atomic mass is 35.5. The van der Waals surface area contributed by atoms with Crippen LogP contribution in [0.3, 0.4) is 0 Å². The summed E-state index contributed by atoms with van der Waals surface area (Å²) in [5.74, 6) is 1.65. The zero-order valence-electron chi connectivity index (χ0n) is 10.4. The minimum atomic E-state index is -2.92. The number of halogens is 1. The predicted molar refractivity (Wildman–Crippen MR) is 71.8 cm³/mol. The number of nitrogens with zero attached hydrogens (tertiary/aromatic N) is 2. The van der Waals surface area contributed by atoms with Crippen LogP contribution in [0.2, 0.25) is 5.15 Å². The van der Waals surface area contributed by atoms with Crippen molar-refractivity contribution < 1.29 is 8.42 Å². The van der Waals surface area contributed by atoms with Gasteiger partial charge in [-0.2, -0.15) is 0 Å². The number of aryl methyl sites for hydroxylation is 1. The topological polar surface area (TPSA) is 72.0 Å². The summed E-state index contributed by atoms with van der Waals surface area (Å²) in [4.78, 5) is 8.33. The Balaban J connectivity index is 2.19. The average molecular weight is 290 g/mol. The molecule has 0 amide bonds. The van der Waals surface area contributed by atoms with Gasteiger partial charge in [0, 0.05) is 11.6 Å². The van der Waals surface area contributed by atoms with Crippen molar-refractivity contribution in [3.8, 4) is 0 Å². The molecule has 7 heteroatoms. The lowest BCUT2D eigenvalue weighted by Crippen LogP contribution is -2.35. The summed E-state index contributed by atoms with van der Waals surface area (Å²) in [5, 5.41) is 3.58. The van der Waals surface area contributed by atoms with E-state index in [0.717, 1.165) is 12.0 Å². The van der Waals surface area contributed by atoms with E-state index in [1.165, 1.54) is 0 Å². The molecule has 1 aliphatic heterocycles. The molecule has 1 aliphatic rings. The molecular formula is C11H16ClN3O2S. The first-order chi connectivity index (χ1) is 8.37. The van der Waals surface area contributed by atoms with Crippen LogP contribution in [0.5, 0.6) is 0 Å². The Bertz CT molecular complexity index is 560. The average Bonchev–Trinajstić information content (AvgIpc) is 2.24. The third-order valence-corrected chi connectivity index (χ3v) is 5.19. The predicted octanol–water partition coefficient (Wildman–Crippen LogP) is 1.74. The quantitative estimate of drug-likeness (QED) is 0.840. The third kappa shape index (κ3) is 3.11. The van der Waals surface area contributed by atoms with Crippen LogP contribution in [0.1, 0.15) is 24.2 Å². The standard InChI is InChI=1S/C11H16ClN3O2S/c1-7-10(12)13-8(2)14-11(7)15-9-4-3-5-18(16,17)6-9/h9H,3-6H2,1-2H3,(H,13,14,15). The molecule has 1 atom stereocenters. The second kappa shape index (κ2) is 5.01. The van der Waals surface area contributed by atoms with E-state index in [1.807, 2.05) is 6.92 Å². The molecule has 2 rings (SSSR count). The van der Waals surface area contributed by atoms with Gasteiger partial charge in [-0.3, -0.25) is 0 Å². The van der Waals surface area contributed by atoms with Crippen LogP contribution in [-0.4, -0.2) is 35.9 Å². The second-order valence-corrected chi connectivity index (χ2v) is 7.22. The molecular weight excluding hydrogens is 274 g/mol. The van der Waals surface area contributed by atoms with Crippen molar-refractivity contribution in [2.24, 2.45) is 0 Å². The van der Waals surface area contributed by atoms with Crippen LogP contribution < -0.4 is 5.32 Å². The van der Waals surface area contributed by atoms with E-state index in [9.17, 15) is 8.42 Å². The molecule has 0 radical (unpaired) electrons. The highest BCUT2D eigenvalue weighted by molar-refractivity contribution is 7.91. The number of sulfone groups is 1. The van der Waals surface area contributed by atoms with Crippen molar-refractivity contribution in [1.82, 2.24) is 9.97 Å². The molecule has 100 valence electrons. The zero-order chi connectivity index (χ0) is 13.3. The molecule has 5 nitrogen and oxygen atoms in total. The fraction of sp³-hybridized carbons (Fsp3) is 0.636. The maximum Gasteiger partial charge on any atom is 0.152 e. The maximum absolute atomic E-state index is 11.6. The summed E-state index contributed by atoms with van der Waals surface area (Å²) < 4.78 is 23.1. The molecule has 0 bridgehead atoms. The molecule has 0 aliphatic carbocycles. The van der Waals surface area contributed by atoms with Crippen molar-refractivity contribution in [3.63, 3.8) is 0 Å². The molecule has 18 heavy (non-hydrogen) atoms. The first-order valence-electron chi connectivity index (χ1n) is 5.85. The minimum Gasteiger partial charge on any atom is -0.366 e. The minimum absolute atomic E-state index is 0.0900. The molecule has 0 spiro atoms. The van der Waals surface area contributed by atoms with Crippen LogP contribution in [0.15, 0.2) is 0 Å². The number of anilines is 1. The van der Waals surface area contributed by atoms with Crippen LogP contribution in [-0.2, 0) is 9.84 Å². The van der Waals surface area contributed by atoms with Gasteiger partial charge in [0.2, 0.25) is 0 Å². The molecule has 1 fully saturated rings. The van der Waals surface area contributed by atoms with Crippen LogP contribution >= 0.6 is 11.6 Å². The first kappa shape index (κ1) is 13.5. The van der Waals surface area contributed by atoms with Gasteiger partial charge in [0.1, 0.15) is 16.8 Å². The van der Waals surface area contributed by atoms with E-state index in [1.54, 1.807) is 6.92 Å². The summed E-state index contributed by atoms with van der Waals surface area (Å²) in [6.07, 6.45) is 1.52. The number of aromatic nitrogens is 2. The Hall–Kier alpha value is -0.880. The van der Waals surface area contributed by atoms with Gasteiger partial charge in [-0.25, -0.2) is 18.4 Å². The lowest BCUT2D eigenvalue weighted by Gasteiger charge is -2.24. The Kier molecular flexibility index (Phi) is 3.77. The van der Waals surface area contributed by atoms with Crippen molar-refractivity contribution in [2.75, 3.05) is 16.8 Å². The molecule has 0 aromatic carbocycles. The second-order valence-electron chi connectivity index (χ2n) is 4.63. The highest BCUT2D eigenvalue weighted by Gasteiger charge is 2.25. The summed E-state index contributed by atoms with van der Waals surface area (Å²) in [5.41, 5.74) is 0.755. The summed E-state index contributed by atoms with van der Waals surface area (Å²) >= 11 is 5.98. The Labute approximate surface area is 112 Å². The molecule has 1 aromatic rings.